The fourth-order valence-corrected chi connectivity index (χ4v) is 5.76. The molecule has 3 heterocycles. The first-order chi connectivity index (χ1) is 16.5. The van der Waals surface area contributed by atoms with E-state index in [4.69, 9.17) is 9.97 Å². The van der Waals surface area contributed by atoms with Crippen LogP contribution in [0, 0.1) is 6.92 Å². The summed E-state index contributed by atoms with van der Waals surface area (Å²) in [7, 11) is 4.07. The number of rotatable bonds is 4. The molecule has 1 aromatic carbocycles. The molecule has 182 valence electrons. The third-order valence-corrected chi connectivity index (χ3v) is 7.69. The monoisotopic (exact) mass is 462 g/mol. The van der Waals surface area contributed by atoms with E-state index in [0.29, 0.717) is 13.1 Å². The van der Waals surface area contributed by atoms with E-state index < -0.39 is 0 Å². The number of piperazine rings is 1. The molecule has 7 nitrogen and oxygen atoms in total. The van der Waals surface area contributed by atoms with Crippen LogP contribution >= 0.6 is 0 Å². The van der Waals surface area contributed by atoms with Gasteiger partial charge in [0.1, 0.15) is 5.82 Å². The maximum atomic E-state index is 13.2. The molecule has 2 fully saturated rings. The van der Waals surface area contributed by atoms with E-state index in [1.165, 1.54) is 32.1 Å². The van der Waals surface area contributed by atoms with Gasteiger partial charge in [-0.05, 0) is 31.9 Å². The number of aromatic nitrogens is 2. The molecule has 5 rings (SSSR count). The molecule has 7 heteroatoms. The fraction of sp³-hybridized carbons (Fsp3) is 0.593. The molecule has 2 aliphatic heterocycles. The van der Waals surface area contributed by atoms with Crippen molar-refractivity contribution < 1.29 is 4.79 Å². The van der Waals surface area contributed by atoms with Gasteiger partial charge in [-0.3, -0.25) is 9.69 Å². The summed E-state index contributed by atoms with van der Waals surface area (Å²) in [5.41, 5.74) is 4.04. The van der Waals surface area contributed by atoms with Gasteiger partial charge in [0.05, 0.1) is 12.2 Å². The van der Waals surface area contributed by atoms with Crippen molar-refractivity contribution in [1.29, 1.82) is 0 Å². The van der Waals surface area contributed by atoms with Crippen LogP contribution in [0.15, 0.2) is 24.3 Å². The van der Waals surface area contributed by atoms with Gasteiger partial charge < -0.3 is 14.7 Å². The highest BCUT2D eigenvalue weighted by molar-refractivity contribution is 5.94. The van der Waals surface area contributed by atoms with Gasteiger partial charge >= 0.3 is 0 Å². The number of nitrogens with zero attached hydrogens (tertiary/aromatic N) is 6. The Bertz CT molecular complexity index is 1020. The number of amides is 1. The Balaban J connectivity index is 1.32. The second-order valence-electron chi connectivity index (χ2n) is 10.3. The highest BCUT2D eigenvalue weighted by Gasteiger charge is 2.30. The zero-order valence-corrected chi connectivity index (χ0v) is 21.0. The molecule has 0 N–H and O–H groups in total. The Morgan fingerprint density at radius 2 is 1.76 bits per heavy atom. The first-order valence-corrected chi connectivity index (χ1v) is 12.9. The molecule has 1 aliphatic carbocycles. The highest BCUT2D eigenvalue weighted by atomic mass is 16.2. The van der Waals surface area contributed by atoms with Gasteiger partial charge in [0.2, 0.25) is 5.95 Å². The predicted octanol–water partition coefficient (Wildman–Crippen LogP) is 3.50. The Labute approximate surface area is 203 Å². The summed E-state index contributed by atoms with van der Waals surface area (Å²) in [5.74, 6) is 1.88. The lowest BCUT2D eigenvalue weighted by atomic mass is 9.94. The molecule has 0 spiro atoms. The molecule has 1 saturated heterocycles. The number of carbonyl (C=O) groups excluding carboxylic acids is 1. The van der Waals surface area contributed by atoms with Gasteiger partial charge in [0.15, 0.2) is 0 Å². The van der Waals surface area contributed by atoms with E-state index >= 15 is 0 Å². The van der Waals surface area contributed by atoms with Crippen molar-refractivity contribution in [1.82, 2.24) is 19.8 Å². The second-order valence-corrected chi connectivity index (χ2v) is 10.3. The minimum atomic E-state index is 0.0852. The van der Waals surface area contributed by atoms with E-state index in [-0.39, 0.29) is 5.91 Å². The van der Waals surface area contributed by atoms with Gasteiger partial charge in [-0.1, -0.05) is 37.0 Å². The maximum Gasteiger partial charge on any atom is 0.254 e. The van der Waals surface area contributed by atoms with Gasteiger partial charge in [-0.2, -0.15) is 4.98 Å². The van der Waals surface area contributed by atoms with Crippen molar-refractivity contribution in [2.45, 2.75) is 58.0 Å². The molecule has 0 unspecified atom stereocenters. The molecule has 34 heavy (non-hydrogen) atoms. The van der Waals surface area contributed by atoms with E-state index in [1.807, 2.05) is 50.2 Å². The highest BCUT2D eigenvalue weighted by Crippen LogP contribution is 2.30. The summed E-state index contributed by atoms with van der Waals surface area (Å²) in [6.45, 7) is 7.45. The van der Waals surface area contributed by atoms with Crippen LogP contribution < -0.4 is 9.80 Å². The van der Waals surface area contributed by atoms with E-state index in [0.717, 1.165) is 72.8 Å². The minimum absolute atomic E-state index is 0.0852. The van der Waals surface area contributed by atoms with Gasteiger partial charge in [0.25, 0.3) is 5.91 Å². The van der Waals surface area contributed by atoms with E-state index in [2.05, 4.69) is 14.7 Å². The van der Waals surface area contributed by atoms with Crippen molar-refractivity contribution in [3.63, 3.8) is 0 Å². The number of aryl methyl sites for hydroxylation is 1. The first-order valence-electron chi connectivity index (χ1n) is 12.9. The summed E-state index contributed by atoms with van der Waals surface area (Å²) in [5, 5.41) is 0. The standard InChI is InChI=1S/C27H38N6O/c1-20-8-7-9-21(18-20)26(34)33-13-12-24-23(19-33)25(30(2)3)29-27(28-24)32-16-14-31(15-17-32)22-10-5-4-6-11-22/h7-9,18,22H,4-6,10-17,19H2,1-3H3. The molecular weight excluding hydrogens is 424 g/mol. The number of carbonyl (C=O) groups is 1. The summed E-state index contributed by atoms with van der Waals surface area (Å²) in [6, 6.07) is 8.63. The van der Waals surface area contributed by atoms with Crippen LogP contribution in [0.5, 0.6) is 0 Å². The van der Waals surface area contributed by atoms with E-state index in [9.17, 15) is 4.79 Å². The lowest BCUT2D eigenvalue weighted by molar-refractivity contribution is 0.0733. The molecule has 0 bridgehead atoms. The van der Waals surface area contributed by atoms with Crippen molar-refractivity contribution >= 4 is 17.7 Å². The number of hydrogen-bond acceptors (Lipinski definition) is 6. The maximum absolute atomic E-state index is 13.2. The lowest BCUT2D eigenvalue weighted by Gasteiger charge is -2.41. The zero-order chi connectivity index (χ0) is 23.7. The van der Waals surface area contributed by atoms with E-state index in [1.54, 1.807) is 0 Å². The summed E-state index contributed by atoms with van der Waals surface area (Å²) >= 11 is 0. The van der Waals surface area contributed by atoms with Crippen LogP contribution in [0.1, 0.15) is 59.3 Å². The first kappa shape index (κ1) is 23.1. The average molecular weight is 463 g/mol. The van der Waals surface area contributed by atoms with Gasteiger partial charge in [0, 0.05) is 70.4 Å². The zero-order valence-electron chi connectivity index (χ0n) is 21.0. The van der Waals surface area contributed by atoms with Crippen molar-refractivity contribution in [2.75, 3.05) is 56.6 Å². The van der Waals surface area contributed by atoms with Crippen LogP contribution in [0.3, 0.4) is 0 Å². The van der Waals surface area contributed by atoms with Crippen molar-refractivity contribution in [3.05, 3.63) is 46.6 Å². The van der Waals surface area contributed by atoms with Crippen LogP contribution in [-0.2, 0) is 13.0 Å². The molecule has 1 aromatic heterocycles. The Morgan fingerprint density at radius 3 is 2.47 bits per heavy atom. The van der Waals surface area contributed by atoms with Gasteiger partial charge in [-0.25, -0.2) is 4.98 Å². The fourth-order valence-electron chi connectivity index (χ4n) is 5.76. The Morgan fingerprint density at radius 1 is 1.00 bits per heavy atom. The predicted molar refractivity (Wildman–Crippen MR) is 137 cm³/mol. The van der Waals surface area contributed by atoms with Crippen LogP contribution in [0.2, 0.25) is 0 Å². The van der Waals surface area contributed by atoms with Crippen LogP contribution in [0.25, 0.3) is 0 Å². The van der Waals surface area contributed by atoms with Crippen LogP contribution in [0.4, 0.5) is 11.8 Å². The van der Waals surface area contributed by atoms with Crippen LogP contribution in [-0.4, -0.2) is 78.5 Å². The van der Waals surface area contributed by atoms with Crippen molar-refractivity contribution in [2.24, 2.45) is 0 Å². The lowest BCUT2D eigenvalue weighted by Crippen LogP contribution is -2.51. The average Bonchev–Trinajstić information content (AvgIpc) is 2.88. The summed E-state index contributed by atoms with van der Waals surface area (Å²) < 4.78 is 0. The number of anilines is 2. The summed E-state index contributed by atoms with van der Waals surface area (Å²) in [6.07, 6.45) is 7.66. The Kier molecular flexibility index (Phi) is 6.73. The molecule has 2 aromatic rings. The SMILES string of the molecule is Cc1cccc(C(=O)N2CCc3nc(N4CCN(C5CCCCC5)CC4)nc(N(C)C)c3C2)c1. The number of fused-ring (bicyclic) bond motifs is 1. The third-order valence-electron chi connectivity index (χ3n) is 7.69. The molecule has 0 atom stereocenters. The van der Waals surface area contributed by atoms with Gasteiger partial charge in [-0.15, -0.1) is 0 Å². The summed E-state index contributed by atoms with van der Waals surface area (Å²) in [4.78, 5) is 32.3. The quantitative estimate of drug-likeness (QED) is 0.693. The minimum Gasteiger partial charge on any atom is -0.362 e. The normalized spacial score (nSPS) is 19.7. The smallest absolute Gasteiger partial charge is 0.254 e. The molecule has 1 amide bonds. The number of benzene rings is 1. The molecule has 0 radical (unpaired) electrons. The Hall–Kier alpha value is -2.67. The third kappa shape index (κ3) is 4.76. The van der Waals surface area contributed by atoms with Crippen molar-refractivity contribution in [3.8, 4) is 0 Å². The molecule has 1 saturated carbocycles. The number of hydrogen-bond donors (Lipinski definition) is 0. The molecular formula is C27H38N6O. The largest absolute Gasteiger partial charge is 0.362 e. The molecule has 3 aliphatic rings. The topological polar surface area (TPSA) is 55.8 Å². The second kappa shape index (κ2) is 9.90.